The number of hydrogen-bond donors (Lipinski definition) is 1. The Labute approximate surface area is 184 Å². The van der Waals surface area contributed by atoms with Gasteiger partial charge in [-0.05, 0) is 38.0 Å². The van der Waals surface area contributed by atoms with E-state index in [1.54, 1.807) is 9.58 Å². The van der Waals surface area contributed by atoms with Gasteiger partial charge in [-0.1, -0.05) is 46.5 Å². The maximum atomic E-state index is 13.0. The molecular formula is C21H27BrN6O2. The van der Waals surface area contributed by atoms with E-state index in [0.29, 0.717) is 43.6 Å². The molecule has 2 fully saturated rings. The molecule has 8 nitrogen and oxygen atoms in total. The zero-order valence-electron chi connectivity index (χ0n) is 17.2. The lowest BCUT2D eigenvalue weighted by molar-refractivity contribution is 0.0656. The molecule has 0 spiro atoms. The summed E-state index contributed by atoms with van der Waals surface area (Å²) in [7, 11) is 0. The summed E-state index contributed by atoms with van der Waals surface area (Å²) in [6.07, 6.45) is 5.77. The fraction of sp³-hybridized carbons (Fsp3) is 0.524. The largest absolute Gasteiger partial charge is 0.335 e. The number of urea groups is 1. The molecule has 0 bridgehead atoms. The molecule has 1 aromatic carbocycles. The summed E-state index contributed by atoms with van der Waals surface area (Å²) in [6, 6.07) is 7.99. The Morgan fingerprint density at radius 2 is 1.77 bits per heavy atom. The van der Waals surface area contributed by atoms with Gasteiger partial charge in [-0.15, -0.1) is 5.10 Å². The van der Waals surface area contributed by atoms with Crippen LogP contribution in [0.5, 0.6) is 0 Å². The van der Waals surface area contributed by atoms with E-state index in [1.807, 2.05) is 36.1 Å². The predicted molar refractivity (Wildman–Crippen MR) is 117 cm³/mol. The number of rotatable bonds is 3. The van der Waals surface area contributed by atoms with Gasteiger partial charge in [0.2, 0.25) is 0 Å². The third kappa shape index (κ3) is 4.50. The number of hydrogen-bond acceptors (Lipinski definition) is 4. The van der Waals surface area contributed by atoms with E-state index in [4.69, 9.17) is 0 Å². The summed E-state index contributed by atoms with van der Waals surface area (Å²) in [5, 5.41) is 11.5. The molecule has 4 rings (SSSR count). The van der Waals surface area contributed by atoms with E-state index < -0.39 is 0 Å². The molecule has 1 saturated heterocycles. The van der Waals surface area contributed by atoms with Crippen LogP contribution in [0.2, 0.25) is 0 Å². The molecule has 1 saturated carbocycles. The van der Waals surface area contributed by atoms with Gasteiger partial charge in [0.15, 0.2) is 5.69 Å². The maximum Gasteiger partial charge on any atom is 0.317 e. The lowest BCUT2D eigenvalue weighted by Crippen LogP contribution is -2.54. The van der Waals surface area contributed by atoms with Crippen LogP contribution in [0.25, 0.3) is 5.69 Å². The molecule has 2 aromatic rings. The number of amides is 3. The summed E-state index contributed by atoms with van der Waals surface area (Å²) < 4.78 is 2.61. The van der Waals surface area contributed by atoms with Crippen molar-refractivity contribution in [1.82, 2.24) is 30.1 Å². The molecule has 9 heteroatoms. The Morgan fingerprint density at radius 1 is 1.07 bits per heavy atom. The van der Waals surface area contributed by atoms with Crippen molar-refractivity contribution in [2.45, 2.75) is 45.1 Å². The number of benzene rings is 1. The monoisotopic (exact) mass is 474 g/mol. The number of aromatic nitrogens is 3. The SMILES string of the molecule is Cc1c(C(=O)N2CCN(C(=O)NC3CCCCC3)CC2)nnn1-c1cccc(Br)c1. The van der Waals surface area contributed by atoms with Crippen LogP contribution in [0.1, 0.15) is 48.3 Å². The lowest BCUT2D eigenvalue weighted by Gasteiger charge is -2.35. The Morgan fingerprint density at radius 3 is 2.47 bits per heavy atom. The second kappa shape index (κ2) is 9.16. The van der Waals surface area contributed by atoms with Gasteiger partial charge in [-0.25, -0.2) is 9.48 Å². The number of nitrogens with zero attached hydrogens (tertiary/aromatic N) is 5. The van der Waals surface area contributed by atoms with Crippen LogP contribution in [-0.2, 0) is 0 Å². The molecule has 1 aliphatic heterocycles. The van der Waals surface area contributed by atoms with Gasteiger partial charge in [-0.3, -0.25) is 4.79 Å². The van der Waals surface area contributed by atoms with E-state index >= 15 is 0 Å². The van der Waals surface area contributed by atoms with Gasteiger partial charge >= 0.3 is 6.03 Å². The van der Waals surface area contributed by atoms with Crippen LogP contribution in [0.4, 0.5) is 4.79 Å². The van der Waals surface area contributed by atoms with Crippen LogP contribution in [0, 0.1) is 6.92 Å². The first-order valence-corrected chi connectivity index (χ1v) is 11.3. The highest BCUT2D eigenvalue weighted by Crippen LogP contribution is 2.19. The first-order valence-electron chi connectivity index (χ1n) is 10.6. The number of nitrogens with one attached hydrogen (secondary N) is 1. The van der Waals surface area contributed by atoms with Crippen LogP contribution < -0.4 is 5.32 Å². The van der Waals surface area contributed by atoms with Crippen LogP contribution in [0.15, 0.2) is 28.7 Å². The van der Waals surface area contributed by atoms with Crippen molar-refractivity contribution < 1.29 is 9.59 Å². The van der Waals surface area contributed by atoms with Crippen molar-refractivity contribution in [2.75, 3.05) is 26.2 Å². The molecule has 2 heterocycles. The minimum Gasteiger partial charge on any atom is -0.335 e. The highest BCUT2D eigenvalue weighted by atomic mass is 79.9. The van der Waals surface area contributed by atoms with Crippen molar-refractivity contribution in [3.63, 3.8) is 0 Å². The maximum absolute atomic E-state index is 13.0. The fourth-order valence-corrected chi connectivity index (χ4v) is 4.54. The highest BCUT2D eigenvalue weighted by Gasteiger charge is 2.29. The number of carbonyl (C=O) groups is 2. The summed E-state index contributed by atoms with van der Waals surface area (Å²) >= 11 is 3.46. The molecule has 1 aliphatic carbocycles. The number of piperazine rings is 1. The molecule has 1 aromatic heterocycles. The Kier molecular flexibility index (Phi) is 6.36. The zero-order valence-corrected chi connectivity index (χ0v) is 18.8. The van der Waals surface area contributed by atoms with Crippen LogP contribution in [0.3, 0.4) is 0 Å². The molecule has 0 atom stereocenters. The molecule has 1 N–H and O–H groups in total. The van der Waals surface area contributed by atoms with Crippen molar-refractivity contribution in [2.24, 2.45) is 0 Å². The first kappa shape index (κ1) is 20.8. The van der Waals surface area contributed by atoms with E-state index in [0.717, 1.165) is 23.0 Å². The smallest absolute Gasteiger partial charge is 0.317 e. The highest BCUT2D eigenvalue weighted by molar-refractivity contribution is 9.10. The van der Waals surface area contributed by atoms with Gasteiger partial charge in [0.25, 0.3) is 5.91 Å². The quantitative estimate of drug-likeness (QED) is 0.740. The van der Waals surface area contributed by atoms with Crippen molar-refractivity contribution in [3.05, 3.63) is 40.1 Å². The van der Waals surface area contributed by atoms with Gasteiger partial charge < -0.3 is 15.1 Å². The van der Waals surface area contributed by atoms with Crippen molar-refractivity contribution in [1.29, 1.82) is 0 Å². The number of halogens is 1. The average Bonchev–Trinajstić information content (AvgIpc) is 3.15. The van der Waals surface area contributed by atoms with E-state index in [2.05, 4.69) is 31.6 Å². The van der Waals surface area contributed by atoms with E-state index in [-0.39, 0.29) is 11.9 Å². The van der Waals surface area contributed by atoms with Crippen molar-refractivity contribution in [3.8, 4) is 5.69 Å². The molecule has 3 amide bonds. The molecule has 30 heavy (non-hydrogen) atoms. The summed E-state index contributed by atoms with van der Waals surface area (Å²) in [5.41, 5.74) is 1.91. The molecular weight excluding hydrogens is 448 g/mol. The second-order valence-electron chi connectivity index (χ2n) is 7.98. The summed E-state index contributed by atoms with van der Waals surface area (Å²) in [5.74, 6) is -0.138. The Hall–Kier alpha value is -2.42. The van der Waals surface area contributed by atoms with Crippen LogP contribution in [-0.4, -0.2) is 69.0 Å². The van der Waals surface area contributed by atoms with Gasteiger partial charge in [0.05, 0.1) is 11.4 Å². The third-order valence-corrected chi connectivity index (χ3v) is 6.43. The van der Waals surface area contributed by atoms with Gasteiger partial charge in [-0.2, -0.15) is 0 Å². The third-order valence-electron chi connectivity index (χ3n) is 5.94. The molecule has 0 radical (unpaired) electrons. The second-order valence-corrected chi connectivity index (χ2v) is 8.89. The molecule has 0 unspecified atom stereocenters. The van der Waals surface area contributed by atoms with Crippen molar-refractivity contribution >= 4 is 27.9 Å². The Bertz CT molecular complexity index is 916. The van der Waals surface area contributed by atoms with Gasteiger partial charge in [0, 0.05) is 36.7 Å². The summed E-state index contributed by atoms with van der Waals surface area (Å²) in [4.78, 5) is 29.1. The standard InChI is InChI=1S/C21H27BrN6O2/c1-15-19(24-25-28(15)18-9-5-6-16(22)14-18)20(29)26-10-12-27(13-11-26)21(30)23-17-7-3-2-4-8-17/h5-6,9,14,17H,2-4,7-8,10-13H2,1H3,(H,23,30). The minimum absolute atomic E-state index is 0.00854. The fourth-order valence-electron chi connectivity index (χ4n) is 4.16. The minimum atomic E-state index is -0.138. The van der Waals surface area contributed by atoms with E-state index in [9.17, 15) is 9.59 Å². The molecule has 2 aliphatic rings. The average molecular weight is 475 g/mol. The van der Waals surface area contributed by atoms with Gasteiger partial charge in [0.1, 0.15) is 0 Å². The Balaban J connectivity index is 1.36. The normalized spacial score (nSPS) is 17.8. The molecule has 160 valence electrons. The summed E-state index contributed by atoms with van der Waals surface area (Å²) in [6.45, 7) is 3.91. The zero-order chi connectivity index (χ0) is 21.1. The predicted octanol–water partition coefficient (Wildman–Crippen LogP) is 3.14. The van der Waals surface area contributed by atoms with Crippen LogP contribution >= 0.6 is 15.9 Å². The van der Waals surface area contributed by atoms with E-state index in [1.165, 1.54) is 19.3 Å². The topological polar surface area (TPSA) is 83.4 Å². The first-order chi connectivity index (χ1) is 14.5. The number of carbonyl (C=O) groups excluding carboxylic acids is 2. The lowest BCUT2D eigenvalue weighted by atomic mass is 9.96.